The van der Waals surface area contributed by atoms with Crippen molar-refractivity contribution in [2.24, 2.45) is 0 Å². The molecule has 3 heteroatoms. The first kappa shape index (κ1) is 12.0. The maximum absolute atomic E-state index is 10.7. The van der Waals surface area contributed by atoms with Crippen molar-refractivity contribution in [1.29, 1.82) is 0 Å². The summed E-state index contributed by atoms with van der Waals surface area (Å²) in [7, 11) is 0. The largest absolute Gasteiger partial charge is 0.481 e. The minimum Gasteiger partial charge on any atom is -0.481 e. The van der Waals surface area contributed by atoms with Crippen LogP contribution in [0.1, 0.15) is 12.5 Å². The van der Waals surface area contributed by atoms with E-state index in [-0.39, 0.29) is 6.42 Å². The van der Waals surface area contributed by atoms with E-state index in [1.54, 1.807) is 11.8 Å². The van der Waals surface area contributed by atoms with Gasteiger partial charge in [-0.3, -0.25) is 4.79 Å². The van der Waals surface area contributed by atoms with Crippen molar-refractivity contribution < 1.29 is 9.90 Å². The number of carboxylic acids is 1. The van der Waals surface area contributed by atoms with Crippen molar-refractivity contribution in [2.75, 3.05) is 5.75 Å². The Bertz CT molecular complexity index is 549. The molecule has 0 spiro atoms. The first-order chi connectivity index (χ1) is 8.20. The Labute approximate surface area is 105 Å². The quantitative estimate of drug-likeness (QED) is 0.838. The molecule has 2 nitrogen and oxygen atoms in total. The topological polar surface area (TPSA) is 37.3 Å². The molecule has 0 saturated heterocycles. The highest BCUT2D eigenvalue weighted by atomic mass is 32.2. The number of carboxylic acid groups (broad SMARTS) is 1. The SMILES string of the molecule is CCSc1cccc2ccc(CC(=O)O)cc12. The van der Waals surface area contributed by atoms with Gasteiger partial charge >= 0.3 is 5.97 Å². The second-order valence-corrected chi connectivity index (χ2v) is 5.12. The van der Waals surface area contributed by atoms with Crippen LogP contribution in [-0.2, 0) is 11.2 Å². The van der Waals surface area contributed by atoms with Gasteiger partial charge in [-0.05, 0) is 34.2 Å². The molecule has 0 aliphatic heterocycles. The number of aliphatic carboxylic acids is 1. The molecule has 17 heavy (non-hydrogen) atoms. The minimum atomic E-state index is -0.787. The van der Waals surface area contributed by atoms with E-state index in [0.717, 1.165) is 22.1 Å². The lowest BCUT2D eigenvalue weighted by atomic mass is 10.1. The van der Waals surface area contributed by atoms with Gasteiger partial charge in [-0.25, -0.2) is 0 Å². The molecule has 0 unspecified atom stereocenters. The van der Waals surface area contributed by atoms with E-state index in [9.17, 15) is 4.79 Å². The van der Waals surface area contributed by atoms with E-state index in [1.807, 2.05) is 24.3 Å². The Morgan fingerprint density at radius 1 is 1.29 bits per heavy atom. The average molecular weight is 246 g/mol. The number of fused-ring (bicyclic) bond motifs is 1. The first-order valence-corrected chi connectivity index (χ1v) is 6.55. The van der Waals surface area contributed by atoms with Crippen molar-refractivity contribution in [3.05, 3.63) is 42.0 Å². The summed E-state index contributed by atoms with van der Waals surface area (Å²) in [6.07, 6.45) is 0.0844. The van der Waals surface area contributed by atoms with Gasteiger partial charge in [0, 0.05) is 4.90 Å². The normalized spacial score (nSPS) is 10.6. The first-order valence-electron chi connectivity index (χ1n) is 5.57. The van der Waals surface area contributed by atoms with Crippen molar-refractivity contribution in [3.8, 4) is 0 Å². The maximum Gasteiger partial charge on any atom is 0.307 e. The van der Waals surface area contributed by atoms with Gasteiger partial charge in [0.25, 0.3) is 0 Å². The fourth-order valence-electron chi connectivity index (χ4n) is 1.86. The molecule has 0 radical (unpaired) electrons. The number of thioether (sulfide) groups is 1. The molecule has 0 aromatic heterocycles. The van der Waals surface area contributed by atoms with Crippen LogP contribution in [0.25, 0.3) is 10.8 Å². The van der Waals surface area contributed by atoms with Gasteiger partial charge in [0.15, 0.2) is 0 Å². The summed E-state index contributed by atoms with van der Waals surface area (Å²) in [5.41, 5.74) is 0.856. The molecular formula is C14H14O2S. The zero-order valence-electron chi connectivity index (χ0n) is 9.64. The lowest BCUT2D eigenvalue weighted by Gasteiger charge is -2.06. The van der Waals surface area contributed by atoms with Gasteiger partial charge in [0.1, 0.15) is 0 Å². The third kappa shape index (κ3) is 2.80. The van der Waals surface area contributed by atoms with Gasteiger partial charge in [-0.15, -0.1) is 11.8 Å². The molecule has 0 amide bonds. The van der Waals surface area contributed by atoms with Gasteiger partial charge in [0.05, 0.1) is 6.42 Å². The monoisotopic (exact) mass is 246 g/mol. The van der Waals surface area contributed by atoms with Crippen molar-refractivity contribution in [2.45, 2.75) is 18.2 Å². The van der Waals surface area contributed by atoms with E-state index in [2.05, 4.69) is 19.1 Å². The molecule has 1 N–H and O–H groups in total. The van der Waals surface area contributed by atoms with Gasteiger partial charge in [-0.2, -0.15) is 0 Å². The number of carbonyl (C=O) groups is 1. The summed E-state index contributed by atoms with van der Waals surface area (Å²) in [6, 6.07) is 12.0. The summed E-state index contributed by atoms with van der Waals surface area (Å²) in [5.74, 6) is 0.229. The van der Waals surface area contributed by atoms with Crippen molar-refractivity contribution in [1.82, 2.24) is 0 Å². The van der Waals surface area contributed by atoms with E-state index >= 15 is 0 Å². The van der Waals surface area contributed by atoms with Crippen LogP contribution in [0.3, 0.4) is 0 Å². The van der Waals surface area contributed by atoms with Crippen LogP contribution in [0, 0.1) is 0 Å². The van der Waals surface area contributed by atoms with Crippen LogP contribution < -0.4 is 0 Å². The van der Waals surface area contributed by atoms with Gasteiger partial charge in [0.2, 0.25) is 0 Å². The highest BCUT2D eigenvalue weighted by Crippen LogP contribution is 2.28. The lowest BCUT2D eigenvalue weighted by molar-refractivity contribution is -0.136. The Morgan fingerprint density at radius 2 is 2.12 bits per heavy atom. The maximum atomic E-state index is 10.7. The van der Waals surface area contributed by atoms with Crippen LogP contribution in [-0.4, -0.2) is 16.8 Å². The summed E-state index contributed by atoms with van der Waals surface area (Å²) < 4.78 is 0. The number of hydrogen-bond acceptors (Lipinski definition) is 2. The van der Waals surface area contributed by atoms with Crippen LogP contribution in [0.15, 0.2) is 41.3 Å². The summed E-state index contributed by atoms with van der Waals surface area (Å²) in [4.78, 5) is 11.9. The average Bonchev–Trinajstić information content (AvgIpc) is 2.29. The highest BCUT2D eigenvalue weighted by Gasteiger charge is 2.04. The molecule has 0 aliphatic carbocycles. The van der Waals surface area contributed by atoms with Gasteiger partial charge in [-0.1, -0.05) is 31.2 Å². The molecular weight excluding hydrogens is 232 g/mol. The fraction of sp³-hybridized carbons (Fsp3) is 0.214. The third-order valence-electron chi connectivity index (χ3n) is 2.56. The van der Waals surface area contributed by atoms with Crippen LogP contribution in [0.5, 0.6) is 0 Å². The molecule has 0 saturated carbocycles. The predicted molar refractivity (Wildman–Crippen MR) is 71.7 cm³/mol. The molecule has 0 bridgehead atoms. The molecule has 0 heterocycles. The second kappa shape index (κ2) is 5.23. The van der Waals surface area contributed by atoms with Crippen LogP contribution >= 0.6 is 11.8 Å². The minimum absolute atomic E-state index is 0.0844. The fourth-order valence-corrected chi connectivity index (χ4v) is 2.68. The third-order valence-corrected chi connectivity index (χ3v) is 3.52. The highest BCUT2D eigenvalue weighted by molar-refractivity contribution is 7.99. The van der Waals surface area contributed by atoms with Crippen molar-refractivity contribution in [3.63, 3.8) is 0 Å². The van der Waals surface area contributed by atoms with E-state index in [4.69, 9.17) is 5.11 Å². The molecule has 0 fully saturated rings. The standard InChI is InChI=1S/C14H14O2S/c1-2-17-13-5-3-4-11-7-6-10(8-12(11)13)9-14(15)16/h3-8H,2,9H2,1H3,(H,15,16). The lowest BCUT2D eigenvalue weighted by Crippen LogP contribution is -1.99. The Morgan fingerprint density at radius 3 is 2.82 bits per heavy atom. The molecule has 2 rings (SSSR count). The smallest absolute Gasteiger partial charge is 0.307 e. The predicted octanol–water partition coefficient (Wildman–Crippen LogP) is 3.58. The Balaban J connectivity index is 2.49. The molecule has 2 aromatic carbocycles. The van der Waals surface area contributed by atoms with Crippen molar-refractivity contribution >= 4 is 28.5 Å². The van der Waals surface area contributed by atoms with Gasteiger partial charge < -0.3 is 5.11 Å². The summed E-state index contributed by atoms with van der Waals surface area (Å²) in [5, 5.41) is 11.1. The van der Waals surface area contributed by atoms with E-state index in [0.29, 0.717) is 0 Å². The molecule has 88 valence electrons. The van der Waals surface area contributed by atoms with Crippen LogP contribution in [0.4, 0.5) is 0 Å². The van der Waals surface area contributed by atoms with E-state index < -0.39 is 5.97 Å². The van der Waals surface area contributed by atoms with E-state index in [1.165, 1.54) is 4.90 Å². The van der Waals surface area contributed by atoms with Crippen LogP contribution in [0.2, 0.25) is 0 Å². The zero-order chi connectivity index (χ0) is 12.3. The Hall–Kier alpha value is -1.48. The summed E-state index contributed by atoms with van der Waals surface area (Å²) in [6.45, 7) is 2.12. The molecule has 0 aliphatic rings. The summed E-state index contributed by atoms with van der Waals surface area (Å²) >= 11 is 1.78. The zero-order valence-corrected chi connectivity index (χ0v) is 10.5. The number of hydrogen-bond donors (Lipinski definition) is 1. The second-order valence-electron chi connectivity index (χ2n) is 3.82. The Kier molecular flexibility index (Phi) is 3.69. The molecule has 0 atom stereocenters. The number of rotatable bonds is 4. The molecule has 2 aromatic rings. The number of benzene rings is 2.